The highest BCUT2D eigenvalue weighted by Crippen LogP contribution is 2.41. The van der Waals surface area contributed by atoms with Crippen LogP contribution in [0.25, 0.3) is 133 Å². The Hall–Kier alpha value is -8.88. The second kappa shape index (κ2) is 13.3. The van der Waals surface area contributed by atoms with Crippen LogP contribution in [0.2, 0.25) is 0 Å². The summed E-state index contributed by atoms with van der Waals surface area (Å²) in [6.07, 6.45) is 7.35. The predicted octanol–water partition coefficient (Wildman–Crippen LogP) is 14.3. The molecule has 0 amide bonds. The summed E-state index contributed by atoms with van der Waals surface area (Å²) < 4.78 is 17.2. The number of hydrogen-bond acceptors (Lipinski definition) is 6. The van der Waals surface area contributed by atoms with Gasteiger partial charge in [-0.05, 0) is 155 Å². The lowest BCUT2D eigenvalue weighted by atomic mass is 9.93. The van der Waals surface area contributed by atoms with Gasteiger partial charge in [0.15, 0.2) is 0 Å². The summed E-state index contributed by atoms with van der Waals surface area (Å²) in [6.45, 7) is 0. The number of furan rings is 2. The molecular weight excluding hydrogens is 789 g/mol. The third-order valence-electron chi connectivity index (χ3n) is 12.7. The molecule has 8 nitrogen and oxygen atoms in total. The van der Waals surface area contributed by atoms with Crippen LogP contribution >= 0.6 is 0 Å². The maximum Gasteiger partial charge on any atom is 0.135 e. The molecule has 298 valence electrons. The number of pyridine rings is 4. The lowest BCUT2D eigenvalue weighted by Gasteiger charge is -2.17. The third-order valence-corrected chi connectivity index (χ3v) is 12.7. The van der Waals surface area contributed by atoms with Crippen LogP contribution in [0.5, 0.6) is 0 Å². The molecule has 8 heterocycles. The number of para-hydroxylation sites is 2. The molecule has 0 fully saturated rings. The summed E-state index contributed by atoms with van der Waals surface area (Å²) >= 11 is 0. The maximum atomic E-state index is 6.29. The van der Waals surface area contributed by atoms with Crippen LogP contribution in [0.15, 0.2) is 203 Å². The summed E-state index contributed by atoms with van der Waals surface area (Å²) in [5, 5.41) is 4.32. The molecule has 0 aliphatic carbocycles. The van der Waals surface area contributed by atoms with Crippen molar-refractivity contribution in [1.82, 2.24) is 29.1 Å². The Morgan fingerprint density at radius 2 is 0.625 bits per heavy atom. The Bertz CT molecular complexity index is 3850. The Labute approximate surface area is 363 Å². The van der Waals surface area contributed by atoms with E-state index in [-0.39, 0.29) is 0 Å². The number of hydrogen-bond donors (Lipinski definition) is 0. The first-order valence-electron chi connectivity index (χ1n) is 21.3. The normalized spacial score (nSPS) is 12.1. The summed E-state index contributed by atoms with van der Waals surface area (Å²) in [7, 11) is 0. The number of benzene rings is 6. The minimum Gasteiger partial charge on any atom is -0.456 e. The molecule has 14 aromatic rings. The molecule has 8 aromatic heterocycles. The van der Waals surface area contributed by atoms with Crippen LogP contribution in [-0.2, 0) is 0 Å². The fourth-order valence-corrected chi connectivity index (χ4v) is 9.81. The molecule has 8 heteroatoms. The first-order valence-corrected chi connectivity index (χ1v) is 21.3. The van der Waals surface area contributed by atoms with E-state index in [2.05, 4.69) is 130 Å². The van der Waals surface area contributed by atoms with Crippen molar-refractivity contribution in [3.05, 3.63) is 195 Å². The van der Waals surface area contributed by atoms with Crippen LogP contribution in [0.4, 0.5) is 0 Å². The zero-order valence-corrected chi connectivity index (χ0v) is 34.0. The third kappa shape index (κ3) is 5.17. The lowest BCUT2D eigenvalue weighted by Crippen LogP contribution is -1.98. The summed E-state index contributed by atoms with van der Waals surface area (Å²) in [6, 6.07) is 59.7. The van der Waals surface area contributed by atoms with Gasteiger partial charge < -0.3 is 18.0 Å². The van der Waals surface area contributed by atoms with Gasteiger partial charge in [0.1, 0.15) is 44.4 Å². The van der Waals surface area contributed by atoms with Crippen LogP contribution < -0.4 is 0 Å². The van der Waals surface area contributed by atoms with E-state index in [1.165, 1.54) is 0 Å². The van der Waals surface area contributed by atoms with E-state index >= 15 is 0 Å². The minimum absolute atomic E-state index is 0.857. The number of aromatic nitrogens is 6. The van der Waals surface area contributed by atoms with Crippen molar-refractivity contribution in [2.24, 2.45) is 0 Å². The van der Waals surface area contributed by atoms with Crippen molar-refractivity contribution in [2.45, 2.75) is 0 Å². The molecule has 0 atom stereocenters. The van der Waals surface area contributed by atoms with Gasteiger partial charge in [0.2, 0.25) is 0 Å². The lowest BCUT2D eigenvalue weighted by molar-refractivity contribution is 0.668. The average molecular weight is 821 g/mol. The van der Waals surface area contributed by atoms with Crippen molar-refractivity contribution in [1.29, 1.82) is 0 Å². The molecule has 0 saturated carbocycles. The number of fused-ring (bicyclic) bond motifs is 12. The number of rotatable bonds is 5. The van der Waals surface area contributed by atoms with E-state index in [9.17, 15) is 0 Å². The van der Waals surface area contributed by atoms with E-state index in [0.717, 1.165) is 133 Å². The van der Waals surface area contributed by atoms with Gasteiger partial charge in [-0.2, -0.15) is 0 Å². The molecule has 0 saturated heterocycles. The fraction of sp³-hybridized carbons (Fsp3) is 0. The van der Waals surface area contributed by atoms with Crippen LogP contribution in [0.1, 0.15) is 0 Å². The van der Waals surface area contributed by atoms with Gasteiger partial charge in [0.05, 0.1) is 22.1 Å². The van der Waals surface area contributed by atoms with Gasteiger partial charge in [-0.25, -0.2) is 0 Å². The molecule has 0 spiro atoms. The van der Waals surface area contributed by atoms with Gasteiger partial charge in [-0.1, -0.05) is 48.5 Å². The predicted molar refractivity (Wildman–Crippen MR) is 257 cm³/mol. The molecule has 64 heavy (non-hydrogen) atoms. The van der Waals surface area contributed by atoms with E-state index in [1.54, 1.807) is 0 Å². The molecule has 0 N–H and O–H groups in total. The second-order valence-electron chi connectivity index (χ2n) is 16.3. The first-order chi connectivity index (χ1) is 31.7. The highest BCUT2D eigenvalue weighted by atomic mass is 16.3. The molecule has 0 radical (unpaired) electrons. The Morgan fingerprint density at radius 3 is 1.02 bits per heavy atom. The zero-order chi connectivity index (χ0) is 41.9. The monoisotopic (exact) mass is 820 g/mol. The molecule has 0 aliphatic heterocycles. The van der Waals surface area contributed by atoms with Crippen LogP contribution in [-0.4, -0.2) is 29.1 Å². The van der Waals surface area contributed by atoms with Gasteiger partial charge in [-0.3, -0.25) is 19.9 Å². The second-order valence-corrected chi connectivity index (χ2v) is 16.3. The minimum atomic E-state index is 0.857. The van der Waals surface area contributed by atoms with E-state index < -0.39 is 0 Å². The summed E-state index contributed by atoms with van der Waals surface area (Å²) in [5.74, 6) is 0. The van der Waals surface area contributed by atoms with Gasteiger partial charge in [0, 0.05) is 57.7 Å². The Kier molecular flexibility index (Phi) is 7.23. The number of nitrogens with zero attached hydrogens (tertiary/aromatic N) is 6. The Morgan fingerprint density at radius 1 is 0.281 bits per heavy atom. The van der Waals surface area contributed by atoms with Gasteiger partial charge >= 0.3 is 0 Å². The molecule has 0 bridgehead atoms. The average Bonchev–Trinajstić information content (AvgIpc) is 4.11. The largest absolute Gasteiger partial charge is 0.456 e. The summed E-state index contributed by atoms with van der Waals surface area (Å²) in [5.41, 5.74) is 19.2. The maximum absolute atomic E-state index is 6.29. The zero-order valence-electron chi connectivity index (χ0n) is 34.0. The van der Waals surface area contributed by atoms with Crippen molar-refractivity contribution in [3.63, 3.8) is 0 Å². The van der Waals surface area contributed by atoms with E-state index in [4.69, 9.17) is 28.8 Å². The quantitative estimate of drug-likeness (QED) is 0.172. The first kappa shape index (κ1) is 34.8. The van der Waals surface area contributed by atoms with Crippen molar-refractivity contribution in [3.8, 4) is 44.8 Å². The highest BCUT2D eigenvalue weighted by Gasteiger charge is 2.20. The molecule has 14 rings (SSSR count). The van der Waals surface area contributed by atoms with E-state index in [0.29, 0.717) is 0 Å². The SMILES string of the molecule is c1ccc2c(c1)oc1ccc(-c3cc(-c4cc(-c5ccc6oc7ccccc7c6c5)cc(-n5c6cccnc6c6ncccc65)c4)cc(-n4c5cccnc5c5ncccc54)c3)cc12. The summed E-state index contributed by atoms with van der Waals surface area (Å²) in [4.78, 5) is 19.3. The molecule has 0 aliphatic rings. The topological polar surface area (TPSA) is 87.7 Å². The van der Waals surface area contributed by atoms with Gasteiger partial charge in [-0.15, -0.1) is 0 Å². The van der Waals surface area contributed by atoms with Crippen LogP contribution in [0, 0.1) is 0 Å². The van der Waals surface area contributed by atoms with E-state index in [1.807, 2.05) is 73.3 Å². The Balaban J connectivity index is 1.07. The van der Waals surface area contributed by atoms with Crippen molar-refractivity contribution >= 4 is 88.0 Å². The van der Waals surface area contributed by atoms with Gasteiger partial charge in [0.25, 0.3) is 0 Å². The molecule has 6 aromatic carbocycles. The van der Waals surface area contributed by atoms with Crippen molar-refractivity contribution < 1.29 is 8.83 Å². The van der Waals surface area contributed by atoms with Crippen molar-refractivity contribution in [2.75, 3.05) is 0 Å². The van der Waals surface area contributed by atoms with Crippen LogP contribution in [0.3, 0.4) is 0 Å². The fourth-order valence-electron chi connectivity index (χ4n) is 9.81. The molecule has 0 unspecified atom stereocenters. The standard InChI is InChI=1S/C56H32N6O2/c1-3-15-49-41(9-1)43-31-33(17-19-51(43)63-49)35-25-37(29-39(27-35)61-45-11-5-21-57-53(45)54-46(61)12-6-22-58-54)38-26-36(34-18-20-52-44(32-34)42-10-2-4-16-50(42)64-52)28-40(30-38)62-47-13-7-23-59-55(47)56-48(62)14-8-24-60-56/h1-32H. The molecular formula is C56H32N6O2. The smallest absolute Gasteiger partial charge is 0.135 e. The highest BCUT2D eigenvalue weighted by molar-refractivity contribution is 6.09.